The third-order valence-electron chi connectivity index (χ3n) is 4.87. The van der Waals surface area contributed by atoms with E-state index in [4.69, 9.17) is 5.84 Å². The molecule has 1 aliphatic rings. The Morgan fingerprint density at radius 3 is 2.89 bits per heavy atom. The molecule has 1 aliphatic carbocycles. The molecule has 3 aromatic rings. The van der Waals surface area contributed by atoms with Crippen molar-refractivity contribution in [2.24, 2.45) is 0 Å². The summed E-state index contributed by atoms with van der Waals surface area (Å²) in [4.78, 5) is 31.6. The van der Waals surface area contributed by atoms with Crippen LogP contribution in [-0.2, 0) is 6.42 Å². The molecule has 0 unspecified atom stereocenters. The number of ketones is 1. The van der Waals surface area contributed by atoms with E-state index < -0.39 is 5.82 Å². The van der Waals surface area contributed by atoms with Crippen molar-refractivity contribution in [1.29, 1.82) is 0 Å². The molecule has 1 aromatic carbocycles. The molecular formula is C19H18FN3O2S2. The van der Waals surface area contributed by atoms with Crippen molar-refractivity contribution in [2.45, 2.75) is 37.3 Å². The van der Waals surface area contributed by atoms with E-state index in [-0.39, 0.29) is 17.1 Å². The van der Waals surface area contributed by atoms with Crippen LogP contribution < -0.4 is 11.4 Å². The van der Waals surface area contributed by atoms with E-state index in [1.165, 1.54) is 29.1 Å². The second-order valence-electron chi connectivity index (χ2n) is 6.70. The predicted molar refractivity (Wildman–Crippen MR) is 107 cm³/mol. The molecule has 2 heterocycles. The lowest BCUT2D eigenvalue weighted by Crippen LogP contribution is -2.30. The number of carbonyl (C=O) groups excluding carboxylic acids is 1. The van der Waals surface area contributed by atoms with E-state index in [1.54, 1.807) is 11.3 Å². The molecule has 8 heteroatoms. The van der Waals surface area contributed by atoms with Crippen molar-refractivity contribution in [3.63, 3.8) is 0 Å². The van der Waals surface area contributed by atoms with Gasteiger partial charge in [-0.05, 0) is 55.0 Å². The summed E-state index contributed by atoms with van der Waals surface area (Å²) < 4.78 is 14.0. The fourth-order valence-electron chi connectivity index (χ4n) is 3.48. The molecular weight excluding hydrogens is 385 g/mol. The van der Waals surface area contributed by atoms with Gasteiger partial charge in [-0.15, -0.1) is 11.3 Å². The molecule has 0 bridgehead atoms. The van der Waals surface area contributed by atoms with Gasteiger partial charge >= 0.3 is 0 Å². The smallest absolute Gasteiger partial charge is 0.281 e. The van der Waals surface area contributed by atoms with Gasteiger partial charge in [0.05, 0.1) is 11.1 Å². The van der Waals surface area contributed by atoms with Crippen molar-refractivity contribution in [1.82, 2.24) is 9.66 Å². The van der Waals surface area contributed by atoms with Crippen molar-refractivity contribution >= 4 is 39.1 Å². The monoisotopic (exact) mass is 403 g/mol. The molecule has 2 N–H and O–H groups in total. The lowest BCUT2D eigenvalue weighted by Gasteiger charge is -2.18. The van der Waals surface area contributed by atoms with Gasteiger partial charge in [-0.2, -0.15) is 0 Å². The minimum absolute atomic E-state index is 0.0717. The summed E-state index contributed by atoms with van der Waals surface area (Å²) in [5.74, 6) is 5.83. The summed E-state index contributed by atoms with van der Waals surface area (Å²) in [5, 5.41) is 0.938. The number of benzene rings is 1. The average Bonchev–Trinajstić information content (AvgIpc) is 3.03. The number of aryl methyl sites for hydroxylation is 1. The van der Waals surface area contributed by atoms with E-state index in [0.717, 1.165) is 41.3 Å². The summed E-state index contributed by atoms with van der Waals surface area (Å²) in [6, 6.07) is 5.38. The Bertz CT molecular complexity index is 1090. The van der Waals surface area contributed by atoms with Gasteiger partial charge in [0.1, 0.15) is 10.6 Å². The highest BCUT2D eigenvalue weighted by Crippen LogP contribution is 2.40. The number of halogens is 1. The summed E-state index contributed by atoms with van der Waals surface area (Å²) in [6.45, 7) is 2.13. The molecule has 2 aromatic heterocycles. The van der Waals surface area contributed by atoms with Gasteiger partial charge in [0.25, 0.3) is 5.56 Å². The van der Waals surface area contributed by atoms with Crippen LogP contribution in [0.3, 0.4) is 0 Å². The Morgan fingerprint density at radius 2 is 2.15 bits per heavy atom. The molecule has 0 fully saturated rings. The Labute approximate surface area is 163 Å². The number of carbonyl (C=O) groups is 1. The molecule has 0 radical (unpaired) electrons. The van der Waals surface area contributed by atoms with E-state index in [1.807, 2.05) is 0 Å². The van der Waals surface area contributed by atoms with Crippen molar-refractivity contribution in [3.05, 3.63) is 56.4 Å². The van der Waals surface area contributed by atoms with Crippen molar-refractivity contribution in [3.8, 4) is 0 Å². The number of thiophene rings is 1. The first-order valence-corrected chi connectivity index (χ1v) is 10.5. The van der Waals surface area contributed by atoms with Crippen LogP contribution in [0.2, 0.25) is 0 Å². The number of nitrogens with two attached hydrogens (primary N) is 1. The Hall–Kier alpha value is -2.19. The number of nitrogens with zero attached hydrogens (tertiary/aromatic N) is 2. The molecule has 0 saturated carbocycles. The first-order valence-electron chi connectivity index (χ1n) is 8.70. The van der Waals surface area contributed by atoms with Crippen LogP contribution in [0, 0.1) is 5.82 Å². The van der Waals surface area contributed by atoms with E-state index in [9.17, 15) is 14.0 Å². The third kappa shape index (κ3) is 3.27. The Morgan fingerprint density at radius 1 is 1.41 bits per heavy atom. The minimum Gasteiger partial charge on any atom is -0.334 e. The van der Waals surface area contributed by atoms with Crippen LogP contribution in [0.5, 0.6) is 0 Å². The molecule has 5 nitrogen and oxygen atoms in total. The SMILES string of the molecule is C[C@@H]1CCCc2sc3nc(SCC(=O)c4ccc(F)cc4)n(N)c(=O)c3c21. The van der Waals surface area contributed by atoms with E-state index >= 15 is 0 Å². The topological polar surface area (TPSA) is 78.0 Å². The van der Waals surface area contributed by atoms with Gasteiger partial charge < -0.3 is 5.84 Å². The van der Waals surface area contributed by atoms with Crippen LogP contribution in [-0.4, -0.2) is 21.2 Å². The highest BCUT2D eigenvalue weighted by molar-refractivity contribution is 7.99. The average molecular weight is 404 g/mol. The van der Waals surface area contributed by atoms with Gasteiger partial charge in [-0.25, -0.2) is 14.1 Å². The molecule has 27 heavy (non-hydrogen) atoms. The molecule has 140 valence electrons. The number of hydrogen-bond donors (Lipinski definition) is 1. The number of Topliss-reactive ketones (excluding diaryl/α,β-unsaturated/α-hetero) is 1. The zero-order valence-corrected chi connectivity index (χ0v) is 16.3. The van der Waals surface area contributed by atoms with Crippen LogP contribution in [0.1, 0.15) is 46.5 Å². The van der Waals surface area contributed by atoms with E-state index in [0.29, 0.717) is 26.9 Å². The maximum absolute atomic E-state index is 13.0. The maximum Gasteiger partial charge on any atom is 0.281 e. The first kappa shape index (κ1) is 18.2. The third-order valence-corrected chi connectivity index (χ3v) is 6.98. The van der Waals surface area contributed by atoms with Gasteiger partial charge in [-0.1, -0.05) is 18.7 Å². The number of aromatic nitrogens is 2. The van der Waals surface area contributed by atoms with Crippen LogP contribution >= 0.6 is 23.1 Å². The molecule has 4 rings (SSSR count). The first-order chi connectivity index (χ1) is 13.0. The number of fused-ring (bicyclic) bond motifs is 3. The van der Waals surface area contributed by atoms with Crippen LogP contribution in [0.4, 0.5) is 4.39 Å². The lowest BCUT2D eigenvalue weighted by atomic mass is 9.88. The Kier molecular flexibility index (Phi) is 4.77. The second-order valence-corrected chi connectivity index (χ2v) is 8.73. The molecule has 0 amide bonds. The number of hydrogen-bond acceptors (Lipinski definition) is 6. The molecule has 0 spiro atoms. The van der Waals surface area contributed by atoms with Gasteiger partial charge in [0.15, 0.2) is 10.9 Å². The summed E-state index contributed by atoms with van der Waals surface area (Å²) >= 11 is 2.67. The lowest BCUT2D eigenvalue weighted by molar-refractivity contribution is 0.102. The molecule has 0 aliphatic heterocycles. The fourth-order valence-corrected chi connectivity index (χ4v) is 5.67. The highest BCUT2D eigenvalue weighted by Gasteiger charge is 2.26. The number of nitrogen functional groups attached to an aromatic ring is 1. The van der Waals surface area contributed by atoms with Gasteiger partial charge in [0.2, 0.25) is 0 Å². The number of thioether (sulfide) groups is 1. The van der Waals surface area contributed by atoms with Gasteiger partial charge in [-0.3, -0.25) is 9.59 Å². The second kappa shape index (κ2) is 7.09. The Balaban J connectivity index is 1.65. The number of rotatable bonds is 4. The zero-order valence-electron chi connectivity index (χ0n) is 14.7. The van der Waals surface area contributed by atoms with Crippen LogP contribution in [0.25, 0.3) is 10.2 Å². The molecule has 0 saturated heterocycles. The normalized spacial score (nSPS) is 16.4. The van der Waals surface area contributed by atoms with Crippen molar-refractivity contribution in [2.75, 3.05) is 11.6 Å². The summed E-state index contributed by atoms with van der Waals surface area (Å²) in [5.41, 5.74) is 1.25. The minimum atomic E-state index is -0.391. The fraction of sp³-hybridized carbons (Fsp3) is 0.316. The maximum atomic E-state index is 13.0. The predicted octanol–water partition coefficient (Wildman–Crippen LogP) is 3.73. The van der Waals surface area contributed by atoms with Gasteiger partial charge in [0, 0.05) is 10.4 Å². The van der Waals surface area contributed by atoms with Crippen molar-refractivity contribution < 1.29 is 9.18 Å². The largest absolute Gasteiger partial charge is 0.334 e. The van der Waals surface area contributed by atoms with E-state index in [2.05, 4.69) is 11.9 Å². The molecule has 1 atom stereocenters. The zero-order chi connectivity index (χ0) is 19.1. The quantitative estimate of drug-likeness (QED) is 0.311. The van der Waals surface area contributed by atoms with Crippen LogP contribution in [0.15, 0.2) is 34.2 Å². The summed E-state index contributed by atoms with van der Waals surface area (Å²) in [7, 11) is 0. The highest BCUT2D eigenvalue weighted by atomic mass is 32.2. The summed E-state index contributed by atoms with van der Waals surface area (Å²) in [6.07, 6.45) is 3.15. The standard InChI is InChI=1S/C19H18FN3O2S2/c1-10-3-2-4-14-15(10)16-17(27-14)22-19(23(21)18(16)25)26-9-13(24)11-5-7-12(20)8-6-11/h5-8,10H,2-4,9,21H2,1H3/t10-/m1/s1.